The van der Waals surface area contributed by atoms with Crippen molar-refractivity contribution in [3.8, 4) is 0 Å². The number of rotatable bonds is 5. The molecule has 0 radical (unpaired) electrons. The lowest BCUT2D eigenvalue weighted by molar-refractivity contribution is -0.148. The Bertz CT molecular complexity index is 410. The summed E-state index contributed by atoms with van der Waals surface area (Å²) < 4.78 is 0. The molecule has 1 saturated carbocycles. The van der Waals surface area contributed by atoms with E-state index in [0.717, 1.165) is 6.42 Å². The van der Waals surface area contributed by atoms with Crippen molar-refractivity contribution >= 4 is 17.9 Å². The van der Waals surface area contributed by atoms with Gasteiger partial charge in [-0.25, -0.2) is 4.79 Å². The molecule has 0 bridgehead atoms. The number of aliphatic carboxylic acids is 1. The second-order valence-corrected chi connectivity index (χ2v) is 5.80. The number of amides is 3. The zero-order valence-electron chi connectivity index (χ0n) is 12.2. The third-order valence-electron chi connectivity index (χ3n) is 3.95. The van der Waals surface area contributed by atoms with Gasteiger partial charge in [-0.3, -0.25) is 9.59 Å². The average molecular weight is 285 g/mol. The van der Waals surface area contributed by atoms with Gasteiger partial charge in [0.25, 0.3) is 0 Å². The Morgan fingerprint density at radius 3 is 2.50 bits per heavy atom. The Balaban J connectivity index is 2.78. The molecule has 0 spiro atoms. The standard InChI is InChI=1S/C13H23N3O4/c1-8(2)16(7-10(14)17)12(20)15-9-5-4-6-13(9,3)11(18)19/h8-9H,4-7H2,1-3H3,(H2,14,17)(H,15,20)(H,18,19). The van der Waals surface area contributed by atoms with Crippen LogP contribution in [-0.4, -0.2) is 46.5 Å². The summed E-state index contributed by atoms with van der Waals surface area (Å²) in [6.07, 6.45) is 1.91. The molecule has 0 aromatic carbocycles. The van der Waals surface area contributed by atoms with Crippen LogP contribution in [0, 0.1) is 5.41 Å². The molecule has 114 valence electrons. The van der Waals surface area contributed by atoms with Crippen LogP contribution in [0.1, 0.15) is 40.0 Å². The van der Waals surface area contributed by atoms with E-state index >= 15 is 0 Å². The van der Waals surface area contributed by atoms with Gasteiger partial charge in [-0.15, -0.1) is 0 Å². The summed E-state index contributed by atoms with van der Waals surface area (Å²) in [4.78, 5) is 35.9. The monoisotopic (exact) mass is 285 g/mol. The first kappa shape index (κ1) is 16.3. The summed E-state index contributed by atoms with van der Waals surface area (Å²) in [7, 11) is 0. The minimum absolute atomic E-state index is 0.181. The molecule has 1 aliphatic carbocycles. The molecular weight excluding hydrogens is 262 g/mol. The van der Waals surface area contributed by atoms with Crippen LogP contribution in [0.4, 0.5) is 4.79 Å². The number of hydrogen-bond donors (Lipinski definition) is 3. The number of primary amides is 1. The van der Waals surface area contributed by atoms with Crippen molar-refractivity contribution in [1.29, 1.82) is 0 Å². The number of nitrogens with zero attached hydrogens (tertiary/aromatic N) is 1. The number of carbonyl (C=O) groups is 3. The predicted molar refractivity (Wildman–Crippen MR) is 72.9 cm³/mol. The smallest absolute Gasteiger partial charge is 0.318 e. The highest BCUT2D eigenvalue weighted by molar-refractivity contribution is 5.84. The lowest BCUT2D eigenvalue weighted by Crippen LogP contribution is -2.54. The Hall–Kier alpha value is -1.79. The fourth-order valence-electron chi connectivity index (χ4n) is 2.54. The van der Waals surface area contributed by atoms with Crippen molar-refractivity contribution in [3.63, 3.8) is 0 Å². The van der Waals surface area contributed by atoms with Crippen molar-refractivity contribution in [2.45, 2.75) is 52.1 Å². The number of carbonyl (C=O) groups excluding carboxylic acids is 2. The van der Waals surface area contributed by atoms with Gasteiger partial charge in [0.1, 0.15) is 6.54 Å². The SMILES string of the molecule is CC(C)N(CC(N)=O)C(=O)NC1CCCC1(C)C(=O)O. The number of carboxylic acid groups (broad SMARTS) is 1. The zero-order valence-corrected chi connectivity index (χ0v) is 12.2. The topological polar surface area (TPSA) is 113 Å². The molecule has 3 amide bonds. The first-order valence-corrected chi connectivity index (χ1v) is 6.77. The molecule has 7 nitrogen and oxygen atoms in total. The van der Waals surface area contributed by atoms with Crippen molar-refractivity contribution in [2.24, 2.45) is 11.1 Å². The van der Waals surface area contributed by atoms with Crippen molar-refractivity contribution in [2.75, 3.05) is 6.54 Å². The van der Waals surface area contributed by atoms with E-state index in [1.54, 1.807) is 20.8 Å². The van der Waals surface area contributed by atoms with Gasteiger partial charge in [-0.2, -0.15) is 0 Å². The molecular formula is C13H23N3O4. The molecule has 1 fully saturated rings. The maximum absolute atomic E-state index is 12.2. The molecule has 0 aromatic rings. The minimum atomic E-state index is -0.953. The van der Waals surface area contributed by atoms with Crippen LogP contribution < -0.4 is 11.1 Å². The van der Waals surface area contributed by atoms with E-state index in [2.05, 4.69) is 5.32 Å². The van der Waals surface area contributed by atoms with E-state index in [-0.39, 0.29) is 12.6 Å². The maximum Gasteiger partial charge on any atom is 0.318 e. The van der Waals surface area contributed by atoms with Gasteiger partial charge in [0, 0.05) is 12.1 Å². The molecule has 1 rings (SSSR count). The van der Waals surface area contributed by atoms with Gasteiger partial charge >= 0.3 is 12.0 Å². The highest BCUT2D eigenvalue weighted by atomic mass is 16.4. The minimum Gasteiger partial charge on any atom is -0.481 e. The molecule has 7 heteroatoms. The molecule has 4 N–H and O–H groups in total. The van der Waals surface area contributed by atoms with Gasteiger partial charge in [-0.05, 0) is 33.6 Å². The van der Waals surface area contributed by atoms with Crippen molar-refractivity contribution in [3.05, 3.63) is 0 Å². The molecule has 0 aliphatic heterocycles. The summed E-state index contributed by atoms with van der Waals surface area (Å²) >= 11 is 0. The molecule has 2 atom stereocenters. The Kier molecular flexibility index (Phi) is 4.97. The second kappa shape index (κ2) is 6.11. The fraction of sp³-hybridized carbons (Fsp3) is 0.769. The lowest BCUT2D eigenvalue weighted by atomic mass is 9.85. The van der Waals surface area contributed by atoms with Gasteiger partial charge in [0.2, 0.25) is 5.91 Å². The highest BCUT2D eigenvalue weighted by Gasteiger charge is 2.46. The molecule has 0 heterocycles. The van der Waals surface area contributed by atoms with Crippen LogP contribution in [0.25, 0.3) is 0 Å². The third kappa shape index (κ3) is 3.40. The first-order valence-electron chi connectivity index (χ1n) is 6.77. The quantitative estimate of drug-likeness (QED) is 0.684. The molecule has 0 aromatic heterocycles. The summed E-state index contributed by atoms with van der Waals surface area (Å²) in [6, 6.07) is -1.07. The van der Waals surface area contributed by atoms with Crippen molar-refractivity contribution < 1.29 is 19.5 Å². The Morgan fingerprint density at radius 2 is 2.05 bits per heavy atom. The van der Waals surface area contributed by atoms with Gasteiger partial charge in [0.15, 0.2) is 0 Å². The van der Waals surface area contributed by atoms with E-state index in [9.17, 15) is 19.5 Å². The van der Waals surface area contributed by atoms with E-state index in [1.807, 2.05) is 0 Å². The van der Waals surface area contributed by atoms with Gasteiger partial charge < -0.3 is 21.1 Å². The molecule has 0 saturated heterocycles. The van der Waals surface area contributed by atoms with Crippen LogP contribution in [0.2, 0.25) is 0 Å². The molecule has 1 aliphatic rings. The van der Waals surface area contributed by atoms with Gasteiger partial charge in [-0.1, -0.05) is 6.42 Å². The summed E-state index contributed by atoms with van der Waals surface area (Å²) in [5, 5.41) is 12.0. The highest BCUT2D eigenvalue weighted by Crippen LogP contribution is 2.38. The molecule has 20 heavy (non-hydrogen) atoms. The Morgan fingerprint density at radius 1 is 1.45 bits per heavy atom. The van der Waals surface area contributed by atoms with Crippen molar-refractivity contribution in [1.82, 2.24) is 10.2 Å². The van der Waals surface area contributed by atoms with Crippen LogP contribution in [0.5, 0.6) is 0 Å². The van der Waals surface area contributed by atoms with E-state index in [4.69, 9.17) is 5.73 Å². The number of carboxylic acids is 1. The summed E-state index contributed by atoms with van der Waals surface area (Å²) in [5.74, 6) is -1.51. The van der Waals surface area contributed by atoms with Crippen LogP contribution >= 0.6 is 0 Å². The maximum atomic E-state index is 12.2. The largest absolute Gasteiger partial charge is 0.481 e. The average Bonchev–Trinajstić information content (AvgIpc) is 2.68. The van der Waals surface area contributed by atoms with Gasteiger partial charge in [0.05, 0.1) is 5.41 Å². The van der Waals surface area contributed by atoms with E-state index in [0.29, 0.717) is 12.8 Å². The number of nitrogens with two attached hydrogens (primary N) is 1. The van der Waals surface area contributed by atoms with E-state index < -0.39 is 29.4 Å². The third-order valence-corrected chi connectivity index (χ3v) is 3.95. The van der Waals surface area contributed by atoms with Crippen LogP contribution in [0.15, 0.2) is 0 Å². The fourth-order valence-corrected chi connectivity index (χ4v) is 2.54. The molecule has 2 unspecified atom stereocenters. The van der Waals surface area contributed by atoms with Crippen LogP contribution in [-0.2, 0) is 9.59 Å². The normalized spacial score (nSPS) is 25.5. The zero-order chi connectivity index (χ0) is 15.5. The summed E-state index contributed by atoms with van der Waals surface area (Å²) in [5.41, 5.74) is 4.17. The van der Waals surface area contributed by atoms with Crippen LogP contribution in [0.3, 0.4) is 0 Å². The first-order chi connectivity index (χ1) is 9.18. The Labute approximate surface area is 118 Å². The summed E-state index contributed by atoms with van der Waals surface area (Å²) in [6.45, 7) is 5.00. The lowest BCUT2D eigenvalue weighted by Gasteiger charge is -2.32. The number of urea groups is 1. The number of nitrogens with one attached hydrogen (secondary N) is 1. The second-order valence-electron chi connectivity index (χ2n) is 5.80. The predicted octanol–water partition coefficient (Wildman–Crippen LogP) is 0.535. The number of hydrogen-bond acceptors (Lipinski definition) is 3. The van der Waals surface area contributed by atoms with E-state index in [1.165, 1.54) is 4.90 Å².